The van der Waals surface area contributed by atoms with Crippen LogP contribution in [-0.2, 0) is 11.2 Å². The van der Waals surface area contributed by atoms with Crippen molar-refractivity contribution >= 4 is 5.91 Å². The Morgan fingerprint density at radius 3 is 2.50 bits per heavy atom. The fourth-order valence-corrected chi connectivity index (χ4v) is 1.76. The highest BCUT2D eigenvalue weighted by Crippen LogP contribution is 2.17. The Labute approximate surface area is 92.9 Å². The first-order valence-corrected chi connectivity index (χ1v) is 5.27. The molecule has 0 unspecified atom stereocenters. The van der Waals surface area contributed by atoms with Gasteiger partial charge in [-0.3, -0.25) is 9.18 Å². The first-order valence-electron chi connectivity index (χ1n) is 5.27. The van der Waals surface area contributed by atoms with E-state index in [1.807, 2.05) is 0 Å². The maximum atomic E-state index is 12.6. The van der Waals surface area contributed by atoms with Crippen LogP contribution in [0.3, 0.4) is 0 Å². The smallest absolute Gasteiger partial charge is 0.227 e. The third-order valence-electron chi connectivity index (χ3n) is 2.80. The van der Waals surface area contributed by atoms with Gasteiger partial charge in [0.1, 0.15) is 5.82 Å². The lowest BCUT2D eigenvalue weighted by Crippen LogP contribution is -2.51. The topological polar surface area (TPSA) is 20.3 Å². The molecule has 1 amide bonds. The predicted molar refractivity (Wildman–Crippen MR) is 56.1 cm³/mol. The second-order valence-electron chi connectivity index (χ2n) is 4.12. The summed E-state index contributed by atoms with van der Waals surface area (Å²) in [6, 6.07) is 5.87. The summed E-state index contributed by atoms with van der Waals surface area (Å²) >= 11 is 0. The molecular formula is C12H13F2NO. The quantitative estimate of drug-likeness (QED) is 0.768. The number of amides is 1. The van der Waals surface area contributed by atoms with Gasteiger partial charge in [0.05, 0.1) is 13.1 Å². The molecule has 86 valence electrons. The highest BCUT2D eigenvalue weighted by atomic mass is 19.1. The van der Waals surface area contributed by atoms with Crippen LogP contribution >= 0.6 is 0 Å². The molecule has 1 saturated heterocycles. The summed E-state index contributed by atoms with van der Waals surface area (Å²) in [5.74, 6) is -0.314. The van der Waals surface area contributed by atoms with Gasteiger partial charge in [-0.1, -0.05) is 12.1 Å². The van der Waals surface area contributed by atoms with Gasteiger partial charge < -0.3 is 4.90 Å². The summed E-state index contributed by atoms with van der Waals surface area (Å²) in [7, 11) is 0. The van der Waals surface area contributed by atoms with Gasteiger partial charge in [-0.15, -0.1) is 0 Å². The SMILES string of the molecule is O=C(Cc1ccc(F)cc1)N1CC(CF)C1. The number of nitrogens with zero attached hydrogens (tertiary/aromatic N) is 1. The van der Waals surface area contributed by atoms with Crippen LogP contribution in [0.1, 0.15) is 5.56 Å². The van der Waals surface area contributed by atoms with Gasteiger partial charge in [0.25, 0.3) is 0 Å². The van der Waals surface area contributed by atoms with E-state index in [2.05, 4.69) is 0 Å². The zero-order valence-electron chi connectivity index (χ0n) is 8.83. The third-order valence-corrected chi connectivity index (χ3v) is 2.80. The molecule has 1 aromatic carbocycles. The molecule has 0 saturated carbocycles. The Morgan fingerprint density at radius 1 is 1.31 bits per heavy atom. The number of hydrogen-bond acceptors (Lipinski definition) is 1. The maximum Gasteiger partial charge on any atom is 0.227 e. The number of hydrogen-bond donors (Lipinski definition) is 0. The lowest BCUT2D eigenvalue weighted by molar-refractivity contribution is -0.137. The van der Waals surface area contributed by atoms with E-state index in [-0.39, 0.29) is 30.7 Å². The molecule has 0 N–H and O–H groups in total. The molecule has 2 rings (SSSR count). The van der Waals surface area contributed by atoms with Gasteiger partial charge in [-0.05, 0) is 17.7 Å². The number of benzene rings is 1. The van der Waals surface area contributed by atoms with E-state index in [1.54, 1.807) is 17.0 Å². The number of rotatable bonds is 3. The minimum atomic E-state index is -0.361. The number of likely N-dealkylation sites (tertiary alicyclic amines) is 1. The molecule has 0 atom stereocenters. The lowest BCUT2D eigenvalue weighted by Gasteiger charge is -2.37. The van der Waals surface area contributed by atoms with Crippen molar-refractivity contribution in [2.75, 3.05) is 19.8 Å². The molecule has 16 heavy (non-hydrogen) atoms. The van der Waals surface area contributed by atoms with Crippen molar-refractivity contribution in [1.82, 2.24) is 4.90 Å². The summed E-state index contributed by atoms with van der Waals surface area (Å²) in [5, 5.41) is 0. The largest absolute Gasteiger partial charge is 0.342 e. The zero-order chi connectivity index (χ0) is 11.5. The Kier molecular flexibility index (Phi) is 3.17. The Bertz CT molecular complexity index is 371. The summed E-state index contributed by atoms with van der Waals surface area (Å²) < 4.78 is 24.8. The second-order valence-corrected chi connectivity index (χ2v) is 4.12. The van der Waals surface area contributed by atoms with Gasteiger partial charge in [0.2, 0.25) is 5.91 Å². The standard InChI is InChI=1S/C12H13F2NO/c13-6-10-7-15(8-10)12(16)5-9-1-3-11(14)4-2-9/h1-4,10H,5-8H2. The molecular weight excluding hydrogens is 212 g/mol. The average Bonchev–Trinajstić information content (AvgIpc) is 2.20. The molecule has 0 bridgehead atoms. The summed E-state index contributed by atoms with van der Waals surface area (Å²) in [6.07, 6.45) is 0.263. The maximum absolute atomic E-state index is 12.6. The van der Waals surface area contributed by atoms with Crippen molar-refractivity contribution in [3.63, 3.8) is 0 Å². The molecule has 1 heterocycles. The van der Waals surface area contributed by atoms with Crippen LogP contribution in [0.25, 0.3) is 0 Å². The van der Waals surface area contributed by atoms with Crippen LogP contribution in [0.4, 0.5) is 8.78 Å². The molecule has 0 radical (unpaired) electrons. The summed E-state index contributed by atoms with van der Waals surface area (Å²) in [5.41, 5.74) is 0.787. The van der Waals surface area contributed by atoms with Crippen molar-refractivity contribution in [1.29, 1.82) is 0 Å². The van der Waals surface area contributed by atoms with Gasteiger partial charge in [0, 0.05) is 19.0 Å². The summed E-state index contributed by atoms with van der Waals surface area (Å²) in [4.78, 5) is 13.3. The van der Waals surface area contributed by atoms with E-state index in [4.69, 9.17) is 0 Å². The van der Waals surface area contributed by atoms with Gasteiger partial charge in [-0.25, -0.2) is 4.39 Å². The fourth-order valence-electron chi connectivity index (χ4n) is 1.76. The van der Waals surface area contributed by atoms with E-state index in [0.717, 1.165) is 5.56 Å². The number of halogens is 2. The highest BCUT2D eigenvalue weighted by Gasteiger charge is 2.29. The van der Waals surface area contributed by atoms with Gasteiger partial charge >= 0.3 is 0 Å². The van der Waals surface area contributed by atoms with Crippen molar-refractivity contribution in [2.45, 2.75) is 6.42 Å². The first-order chi connectivity index (χ1) is 7.69. The molecule has 0 spiro atoms. The van der Waals surface area contributed by atoms with Crippen LogP contribution in [0, 0.1) is 11.7 Å². The Balaban J connectivity index is 1.86. The minimum Gasteiger partial charge on any atom is -0.342 e. The van der Waals surface area contributed by atoms with Crippen LogP contribution in [0.2, 0.25) is 0 Å². The molecule has 1 aromatic rings. The van der Waals surface area contributed by atoms with Crippen molar-refractivity contribution in [3.8, 4) is 0 Å². The number of alkyl halides is 1. The van der Waals surface area contributed by atoms with Crippen molar-refractivity contribution in [2.24, 2.45) is 5.92 Å². The van der Waals surface area contributed by atoms with Crippen LogP contribution in [0.15, 0.2) is 24.3 Å². The molecule has 0 aromatic heterocycles. The molecule has 4 heteroatoms. The van der Waals surface area contributed by atoms with Crippen molar-refractivity contribution < 1.29 is 13.6 Å². The molecule has 1 fully saturated rings. The summed E-state index contributed by atoms with van der Waals surface area (Å²) in [6.45, 7) is 0.660. The third kappa shape index (κ3) is 2.38. The second kappa shape index (κ2) is 4.60. The Morgan fingerprint density at radius 2 is 1.94 bits per heavy atom. The minimum absolute atomic E-state index is 0.0113. The monoisotopic (exact) mass is 225 g/mol. The van der Waals surface area contributed by atoms with Crippen LogP contribution in [0.5, 0.6) is 0 Å². The van der Waals surface area contributed by atoms with Crippen LogP contribution in [-0.4, -0.2) is 30.6 Å². The molecule has 1 aliphatic heterocycles. The van der Waals surface area contributed by atoms with E-state index in [1.165, 1.54) is 12.1 Å². The normalized spacial score (nSPS) is 16.0. The average molecular weight is 225 g/mol. The van der Waals surface area contributed by atoms with Gasteiger partial charge in [0.15, 0.2) is 0 Å². The van der Waals surface area contributed by atoms with E-state index < -0.39 is 0 Å². The fraction of sp³-hybridized carbons (Fsp3) is 0.417. The van der Waals surface area contributed by atoms with Crippen molar-refractivity contribution in [3.05, 3.63) is 35.6 Å². The molecule has 2 nitrogen and oxygen atoms in total. The first kappa shape index (κ1) is 11.0. The van der Waals surface area contributed by atoms with Crippen LogP contribution < -0.4 is 0 Å². The Hall–Kier alpha value is -1.45. The van der Waals surface area contributed by atoms with Gasteiger partial charge in [-0.2, -0.15) is 0 Å². The molecule has 1 aliphatic rings. The van der Waals surface area contributed by atoms with E-state index >= 15 is 0 Å². The number of carbonyl (C=O) groups excluding carboxylic acids is 1. The number of carbonyl (C=O) groups is 1. The molecule has 0 aliphatic carbocycles. The van der Waals surface area contributed by atoms with E-state index in [9.17, 15) is 13.6 Å². The lowest BCUT2D eigenvalue weighted by atomic mass is 10.0. The van der Waals surface area contributed by atoms with E-state index in [0.29, 0.717) is 13.1 Å². The predicted octanol–water partition coefficient (Wildman–Crippen LogP) is 1.80. The zero-order valence-corrected chi connectivity index (χ0v) is 8.83. The highest BCUT2D eigenvalue weighted by molar-refractivity contribution is 5.79.